The number of hydrogen-bond donors (Lipinski definition) is 2. The predicted molar refractivity (Wildman–Crippen MR) is 108 cm³/mol. The van der Waals surface area contributed by atoms with Crippen LogP contribution in [0.25, 0.3) is 0 Å². The van der Waals surface area contributed by atoms with Gasteiger partial charge in [-0.15, -0.1) is 0 Å². The lowest BCUT2D eigenvalue weighted by Gasteiger charge is -2.34. The van der Waals surface area contributed by atoms with Gasteiger partial charge in [-0.25, -0.2) is 0 Å². The Morgan fingerprint density at radius 3 is 2.64 bits per heavy atom. The van der Waals surface area contributed by atoms with E-state index in [0.717, 1.165) is 38.0 Å². The van der Waals surface area contributed by atoms with E-state index in [1.54, 1.807) is 0 Å². The van der Waals surface area contributed by atoms with Crippen molar-refractivity contribution in [2.45, 2.75) is 38.1 Å². The average Bonchev–Trinajstić information content (AvgIpc) is 3.15. The van der Waals surface area contributed by atoms with Crippen molar-refractivity contribution < 1.29 is 14.3 Å². The third-order valence-corrected chi connectivity index (χ3v) is 5.59. The molecule has 1 saturated heterocycles. The van der Waals surface area contributed by atoms with Gasteiger partial charge in [0.1, 0.15) is 0 Å². The number of aromatic nitrogens is 1. The molecule has 1 aromatic heterocycles. The normalized spacial score (nSPS) is 19.0. The minimum atomic E-state index is -0.565. The van der Waals surface area contributed by atoms with E-state index in [-0.39, 0.29) is 6.04 Å². The standard InChI is InChI=1S/C21H32N4O3/c1-24-11-5-8-18(24)19(25-12-14-28-15-13-25)16-23-21(27)20(26)22-10-9-17-6-3-2-4-7-17/h5-6,8,11,19H,2-4,7,9-10,12-16H2,1H3,(H,22,26)(H,23,27)/t19-/m0/s1. The summed E-state index contributed by atoms with van der Waals surface area (Å²) in [6, 6.07) is 4.08. The van der Waals surface area contributed by atoms with Gasteiger partial charge in [0.15, 0.2) is 0 Å². The molecule has 1 aliphatic heterocycles. The van der Waals surface area contributed by atoms with E-state index in [0.29, 0.717) is 26.3 Å². The van der Waals surface area contributed by atoms with Crippen molar-refractivity contribution in [3.63, 3.8) is 0 Å². The van der Waals surface area contributed by atoms with E-state index in [2.05, 4.69) is 32.2 Å². The number of hydrogen-bond acceptors (Lipinski definition) is 4. The van der Waals surface area contributed by atoms with Crippen LogP contribution in [-0.4, -0.2) is 60.7 Å². The van der Waals surface area contributed by atoms with Gasteiger partial charge in [-0.1, -0.05) is 11.6 Å². The molecule has 1 fully saturated rings. The molecular weight excluding hydrogens is 356 g/mol. The van der Waals surface area contributed by atoms with Gasteiger partial charge < -0.3 is 19.9 Å². The summed E-state index contributed by atoms with van der Waals surface area (Å²) in [7, 11) is 2.00. The molecule has 28 heavy (non-hydrogen) atoms. The molecule has 2 amide bonds. The Hall–Kier alpha value is -2.12. The van der Waals surface area contributed by atoms with Crippen molar-refractivity contribution in [3.05, 3.63) is 35.7 Å². The molecule has 2 aliphatic rings. The highest BCUT2D eigenvalue weighted by Crippen LogP contribution is 2.21. The Morgan fingerprint density at radius 2 is 1.96 bits per heavy atom. The number of carbonyl (C=O) groups is 2. The van der Waals surface area contributed by atoms with Gasteiger partial charge in [0.05, 0.1) is 19.3 Å². The van der Waals surface area contributed by atoms with Crippen molar-refractivity contribution >= 4 is 11.8 Å². The topological polar surface area (TPSA) is 75.6 Å². The van der Waals surface area contributed by atoms with Gasteiger partial charge in [-0.3, -0.25) is 14.5 Å². The Labute approximate surface area is 167 Å². The largest absolute Gasteiger partial charge is 0.379 e. The van der Waals surface area contributed by atoms with Crippen LogP contribution in [0.3, 0.4) is 0 Å². The lowest BCUT2D eigenvalue weighted by molar-refractivity contribution is -0.139. The Balaban J connectivity index is 1.49. The van der Waals surface area contributed by atoms with Crippen LogP contribution in [0.2, 0.25) is 0 Å². The lowest BCUT2D eigenvalue weighted by atomic mass is 9.97. The monoisotopic (exact) mass is 388 g/mol. The molecule has 0 spiro atoms. The fourth-order valence-electron chi connectivity index (χ4n) is 3.95. The smallest absolute Gasteiger partial charge is 0.309 e. The van der Waals surface area contributed by atoms with Gasteiger partial charge in [0, 0.05) is 45.1 Å². The van der Waals surface area contributed by atoms with Gasteiger partial charge in [-0.05, 0) is 44.2 Å². The Morgan fingerprint density at radius 1 is 1.18 bits per heavy atom. The molecule has 2 N–H and O–H groups in total. The first-order chi connectivity index (χ1) is 13.6. The summed E-state index contributed by atoms with van der Waals surface area (Å²) < 4.78 is 7.51. The molecule has 0 saturated carbocycles. The van der Waals surface area contributed by atoms with E-state index >= 15 is 0 Å². The summed E-state index contributed by atoms with van der Waals surface area (Å²) in [5.41, 5.74) is 2.51. The number of nitrogens with one attached hydrogen (secondary N) is 2. The van der Waals surface area contributed by atoms with E-state index in [1.807, 2.05) is 19.3 Å². The Bertz CT molecular complexity index is 692. The number of allylic oxidation sites excluding steroid dienone is 1. The van der Waals surface area contributed by atoms with E-state index in [1.165, 1.54) is 18.4 Å². The van der Waals surface area contributed by atoms with Crippen LogP contribution in [0.1, 0.15) is 43.8 Å². The molecule has 7 nitrogen and oxygen atoms in total. The van der Waals surface area contributed by atoms with Crippen molar-refractivity contribution in [2.75, 3.05) is 39.4 Å². The molecule has 1 atom stereocenters. The highest BCUT2D eigenvalue weighted by atomic mass is 16.5. The summed E-state index contributed by atoms with van der Waals surface area (Å²) in [5.74, 6) is -1.12. The second-order valence-electron chi connectivity index (χ2n) is 7.53. The molecular formula is C21H32N4O3. The number of morpholine rings is 1. The zero-order valence-corrected chi connectivity index (χ0v) is 16.8. The molecule has 0 radical (unpaired) electrons. The summed E-state index contributed by atoms with van der Waals surface area (Å²) in [4.78, 5) is 26.7. The van der Waals surface area contributed by atoms with Crippen molar-refractivity contribution in [3.8, 4) is 0 Å². The molecule has 2 heterocycles. The molecule has 3 rings (SSSR count). The van der Waals surface area contributed by atoms with Gasteiger partial charge in [0.25, 0.3) is 0 Å². The number of ether oxygens (including phenoxy) is 1. The summed E-state index contributed by atoms with van der Waals surface area (Å²) >= 11 is 0. The third kappa shape index (κ3) is 5.69. The third-order valence-electron chi connectivity index (χ3n) is 5.59. The maximum atomic E-state index is 12.3. The second kappa shape index (κ2) is 10.4. The molecule has 0 aromatic carbocycles. The van der Waals surface area contributed by atoms with Crippen molar-refractivity contribution in [1.29, 1.82) is 0 Å². The van der Waals surface area contributed by atoms with Crippen molar-refractivity contribution in [2.24, 2.45) is 7.05 Å². The van der Waals surface area contributed by atoms with E-state index < -0.39 is 11.8 Å². The number of nitrogens with zero attached hydrogens (tertiary/aromatic N) is 2. The minimum absolute atomic E-state index is 0.0213. The van der Waals surface area contributed by atoms with Crippen LogP contribution < -0.4 is 10.6 Å². The van der Waals surface area contributed by atoms with E-state index in [9.17, 15) is 9.59 Å². The summed E-state index contributed by atoms with van der Waals surface area (Å²) in [6.07, 6.45) is 9.82. The zero-order chi connectivity index (χ0) is 19.8. The van der Waals surface area contributed by atoms with Crippen LogP contribution in [0.4, 0.5) is 0 Å². The highest BCUT2D eigenvalue weighted by Gasteiger charge is 2.25. The van der Waals surface area contributed by atoms with Gasteiger partial charge in [0.2, 0.25) is 0 Å². The first kappa shape index (κ1) is 20.6. The van der Waals surface area contributed by atoms with Gasteiger partial charge >= 0.3 is 11.8 Å². The first-order valence-electron chi connectivity index (χ1n) is 10.3. The summed E-state index contributed by atoms with van der Waals surface area (Å²) in [6.45, 7) is 3.91. The van der Waals surface area contributed by atoms with Crippen LogP contribution in [0.5, 0.6) is 0 Å². The molecule has 154 valence electrons. The number of carbonyl (C=O) groups excluding carboxylic acids is 2. The molecule has 0 unspecified atom stereocenters. The predicted octanol–water partition coefficient (Wildman–Crippen LogP) is 1.52. The molecule has 1 aliphatic carbocycles. The van der Waals surface area contributed by atoms with E-state index in [4.69, 9.17) is 4.74 Å². The van der Waals surface area contributed by atoms with Crippen LogP contribution >= 0.6 is 0 Å². The second-order valence-corrected chi connectivity index (χ2v) is 7.53. The summed E-state index contributed by atoms with van der Waals surface area (Å²) in [5, 5.41) is 5.57. The SMILES string of the molecule is Cn1cccc1[C@H](CNC(=O)C(=O)NCCC1=CCCCC1)N1CCOCC1. The minimum Gasteiger partial charge on any atom is -0.379 e. The average molecular weight is 389 g/mol. The highest BCUT2D eigenvalue weighted by molar-refractivity contribution is 6.35. The molecule has 7 heteroatoms. The molecule has 1 aromatic rings. The first-order valence-corrected chi connectivity index (χ1v) is 10.3. The maximum absolute atomic E-state index is 12.3. The van der Waals surface area contributed by atoms with Crippen LogP contribution in [0.15, 0.2) is 30.0 Å². The fraction of sp³-hybridized carbons (Fsp3) is 0.619. The maximum Gasteiger partial charge on any atom is 0.309 e. The zero-order valence-electron chi connectivity index (χ0n) is 16.8. The number of aryl methyl sites for hydroxylation is 1. The van der Waals surface area contributed by atoms with Crippen LogP contribution in [0, 0.1) is 0 Å². The van der Waals surface area contributed by atoms with Gasteiger partial charge in [-0.2, -0.15) is 0 Å². The molecule has 0 bridgehead atoms. The fourth-order valence-corrected chi connectivity index (χ4v) is 3.95. The quantitative estimate of drug-likeness (QED) is 0.549. The number of rotatable bonds is 7. The van der Waals surface area contributed by atoms with Crippen LogP contribution in [-0.2, 0) is 21.4 Å². The van der Waals surface area contributed by atoms with Crippen molar-refractivity contribution in [1.82, 2.24) is 20.1 Å². The lowest BCUT2D eigenvalue weighted by Crippen LogP contribution is -2.47. The number of amides is 2. The Kier molecular flexibility index (Phi) is 7.68.